The van der Waals surface area contributed by atoms with Crippen LogP contribution in [-0.2, 0) is 13.0 Å². The number of aryl methyl sites for hydroxylation is 1. The lowest BCUT2D eigenvalue weighted by atomic mass is 10.1. The fourth-order valence-electron chi connectivity index (χ4n) is 5.40. The molecule has 3 aromatic rings. The molecule has 1 aromatic heterocycles. The molecule has 1 aliphatic heterocycles. The van der Waals surface area contributed by atoms with E-state index in [4.69, 9.17) is 4.74 Å². The number of piperazine rings is 1. The van der Waals surface area contributed by atoms with E-state index in [0.29, 0.717) is 0 Å². The molecule has 2 aromatic carbocycles. The van der Waals surface area contributed by atoms with Crippen molar-refractivity contribution < 1.29 is 9.53 Å². The van der Waals surface area contributed by atoms with Gasteiger partial charge in [-0.2, -0.15) is 0 Å². The number of carbonyl (C=O) groups is 1. The van der Waals surface area contributed by atoms with Gasteiger partial charge in [0, 0.05) is 55.9 Å². The molecular formula is C30H42N4O2. The van der Waals surface area contributed by atoms with Crippen molar-refractivity contribution in [2.24, 2.45) is 0 Å². The van der Waals surface area contributed by atoms with Gasteiger partial charge in [0.2, 0.25) is 0 Å². The fourth-order valence-corrected chi connectivity index (χ4v) is 5.40. The molecule has 0 bridgehead atoms. The van der Waals surface area contributed by atoms with E-state index >= 15 is 0 Å². The number of benzene rings is 2. The summed E-state index contributed by atoms with van der Waals surface area (Å²) in [6, 6.07) is 16.8. The van der Waals surface area contributed by atoms with Crippen LogP contribution >= 0.6 is 0 Å². The molecule has 1 saturated heterocycles. The second-order valence-corrected chi connectivity index (χ2v) is 9.75. The minimum absolute atomic E-state index is 0.149. The topological polar surface area (TPSA) is 41.0 Å². The van der Waals surface area contributed by atoms with E-state index in [1.165, 1.54) is 5.56 Å². The van der Waals surface area contributed by atoms with E-state index in [-0.39, 0.29) is 5.91 Å². The van der Waals surface area contributed by atoms with Gasteiger partial charge in [0.25, 0.3) is 5.91 Å². The summed E-state index contributed by atoms with van der Waals surface area (Å²) in [5.41, 5.74) is 4.39. The summed E-state index contributed by atoms with van der Waals surface area (Å²) < 4.78 is 7.86. The molecule has 4 rings (SSSR count). The highest BCUT2D eigenvalue weighted by Gasteiger charge is 2.27. The Morgan fingerprint density at radius 2 is 1.69 bits per heavy atom. The molecule has 6 heteroatoms. The maximum atomic E-state index is 13.9. The molecule has 2 heterocycles. The molecule has 0 atom stereocenters. The first-order valence-corrected chi connectivity index (χ1v) is 13.5. The summed E-state index contributed by atoms with van der Waals surface area (Å²) >= 11 is 0. The zero-order chi connectivity index (χ0) is 25.5. The summed E-state index contributed by atoms with van der Waals surface area (Å²) in [7, 11) is 1.69. The monoisotopic (exact) mass is 490 g/mol. The van der Waals surface area contributed by atoms with Crippen LogP contribution in [-0.4, -0.2) is 84.6 Å². The van der Waals surface area contributed by atoms with Gasteiger partial charge in [0.1, 0.15) is 5.75 Å². The summed E-state index contributed by atoms with van der Waals surface area (Å²) in [5.74, 6) is 0.943. The predicted octanol–water partition coefficient (Wildman–Crippen LogP) is 4.69. The Kier molecular flexibility index (Phi) is 9.05. The summed E-state index contributed by atoms with van der Waals surface area (Å²) in [4.78, 5) is 20.8. The number of ether oxygens (including phenoxy) is 1. The van der Waals surface area contributed by atoms with Crippen molar-refractivity contribution in [3.05, 3.63) is 65.4 Å². The van der Waals surface area contributed by atoms with Gasteiger partial charge in [-0.15, -0.1) is 0 Å². The van der Waals surface area contributed by atoms with Crippen molar-refractivity contribution in [3.8, 4) is 5.75 Å². The Morgan fingerprint density at radius 3 is 2.36 bits per heavy atom. The highest BCUT2D eigenvalue weighted by atomic mass is 16.5. The zero-order valence-corrected chi connectivity index (χ0v) is 22.5. The second kappa shape index (κ2) is 12.4. The van der Waals surface area contributed by atoms with Gasteiger partial charge < -0.3 is 19.1 Å². The lowest BCUT2D eigenvalue weighted by Gasteiger charge is -2.35. The van der Waals surface area contributed by atoms with Crippen molar-refractivity contribution in [3.63, 3.8) is 0 Å². The Hall–Kier alpha value is -2.83. The third kappa shape index (κ3) is 5.93. The molecule has 1 fully saturated rings. The molecule has 0 saturated carbocycles. The number of aromatic nitrogens is 1. The van der Waals surface area contributed by atoms with Crippen molar-refractivity contribution in [2.45, 2.75) is 40.2 Å². The second-order valence-electron chi connectivity index (χ2n) is 9.75. The standard InChI is InChI=1S/C30H42N4O2/c1-5-31(6-2)16-10-17-34-24(3)29(27-23-26(36-4)13-14-28(27)34)30(35)33-21-19-32(20-22-33)18-15-25-11-8-7-9-12-25/h7-9,11-14,23H,5-6,10,15-22H2,1-4H3. The van der Waals surface area contributed by atoms with E-state index < -0.39 is 0 Å². The Labute approximate surface area is 216 Å². The Balaban J connectivity index is 1.47. The summed E-state index contributed by atoms with van der Waals surface area (Å²) in [5, 5.41) is 1.01. The number of nitrogens with zero attached hydrogens (tertiary/aromatic N) is 4. The smallest absolute Gasteiger partial charge is 0.256 e. The van der Waals surface area contributed by atoms with Crippen LogP contribution in [0.2, 0.25) is 0 Å². The molecule has 0 aliphatic carbocycles. The summed E-state index contributed by atoms with van der Waals surface area (Å²) in [6.07, 6.45) is 2.11. The minimum atomic E-state index is 0.149. The number of methoxy groups -OCH3 is 1. The lowest BCUT2D eigenvalue weighted by Crippen LogP contribution is -2.49. The molecule has 1 aliphatic rings. The largest absolute Gasteiger partial charge is 0.497 e. The van der Waals surface area contributed by atoms with Crippen molar-refractivity contribution in [1.29, 1.82) is 0 Å². The first kappa shape index (κ1) is 26.2. The van der Waals surface area contributed by atoms with Crippen molar-refractivity contribution >= 4 is 16.8 Å². The zero-order valence-electron chi connectivity index (χ0n) is 22.5. The van der Waals surface area contributed by atoms with Crippen LogP contribution in [0.3, 0.4) is 0 Å². The highest BCUT2D eigenvalue weighted by Crippen LogP contribution is 2.31. The quantitative estimate of drug-likeness (QED) is 0.391. The van der Waals surface area contributed by atoms with Gasteiger partial charge in [-0.05, 0) is 63.2 Å². The molecular weight excluding hydrogens is 448 g/mol. The van der Waals surface area contributed by atoms with Crippen LogP contribution in [0.5, 0.6) is 5.75 Å². The maximum absolute atomic E-state index is 13.9. The van der Waals surface area contributed by atoms with Gasteiger partial charge in [-0.1, -0.05) is 44.2 Å². The van der Waals surface area contributed by atoms with Crippen molar-refractivity contribution in [2.75, 3.05) is 59.5 Å². The van der Waals surface area contributed by atoms with E-state index in [1.54, 1.807) is 7.11 Å². The molecule has 0 N–H and O–H groups in total. The van der Waals surface area contributed by atoms with E-state index in [0.717, 1.165) is 99.7 Å². The van der Waals surface area contributed by atoms with Crippen molar-refractivity contribution in [1.82, 2.24) is 19.3 Å². The third-order valence-electron chi connectivity index (χ3n) is 7.71. The maximum Gasteiger partial charge on any atom is 0.256 e. The predicted molar refractivity (Wildman–Crippen MR) is 148 cm³/mol. The normalized spacial score (nSPS) is 14.6. The molecule has 194 valence electrons. The highest BCUT2D eigenvalue weighted by molar-refractivity contribution is 6.08. The van der Waals surface area contributed by atoms with Gasteiger partial charge in [0.15, 0.2) is 0 Å². The van der Waals surface area contributed by atoms with E-state index in [9.17, 15) is 4.79 Å². The van der Waals surface area contributed by atoms with E-state index in [1.807, 2.05) is 17.0 Å². The number of carbonyl (C=O) groups excluding carboxylic acids is 1. The van der Waals surface area contributed by atoms with Gasteiger partial charge in [0.05, 0.1) is 12.7 Å². The van der Waals surface area contributed by atoms with Crippen LogP contribution in [0.4, 0.5) is 0 Å². The number of fused-ring (bicyclic) bond motifs is 1. The van der Waals surface area contributed by atoms with Crippen LogP contribution in [0.25, 0.3) is 10.9 Å². The minimum Gasteiger partial charge on any atom is -0.497 e. The Morgan fingerprint density at radius 1 is 0.972 bits per heavy atom. The number of hydrogen-bond donors (Lipinski definition) is 0. The Bertz CT molecular complexity index is 1130. The molecule has 0 unspecified atom stereocenters. The van der Waals surface area contributed by atoms with E-state index in [2.05, 4.69) is 71.5 Å². The first-order chi connectivity index (χ1) is 17.5. The van der Waals surface area contributed by atoms with Crippen LogP contribution in [0.1, 0.15) is 41.9 Å². The fraction of sp³-hybridized carbons (Fsp3) is 0.500. The number of hydrogen-bond acceptors (Lipinski definition) is 4. The van der Waals surface area contributed by atoms with Crippen LogP contribution in [0.15, 0.2) is 48.5 Å². The lowest BCUT2D eigenvalue weighted by molar-refractivity contribution is 0.0639. The van der Waals surface area contributed by atoms with Gasteiger partial charge in [-0.3, -0.25) is 9.69 Å². The number of rotatable bonds is 11. The third-order valence-corrected chi connectivity index (χ3v) is 7.71. The summed E-state index contributed by atoms with van der Waals surface area (Å²) in [6.45, 7) is 15.1. The van der Waals surface area contributed by atoms with Gasteiger partial charge in [-0.25, -0.2) is 0 Å². The number of amides is 1. The molecule has 36 heavy (non-hydrogen) atoms. The molecule has 6 nitrogen and oxygen atoms in total. The average Bonchev–Trinajstić information content (AvgIpc) is 3.20. The molecule has 0 radical (unpaired) electrons. The van der Waals surface area contributed by atoms with Gasteiger partial charge >= 0.3 is 0 Å². The molecule has 0 spiro atoms. The van der Waals surface area contributed by atoms with Crippen LogP contribution in [0, 0.1) is 6.92 Å². The SMILES string of the molecule is CCN(CC)CCCn1c(C)c(C(=O)N2CCN(CCc3ccccc3)CC2)c2cc(OC)ccc21. The average molecular weight is 491 g/mol. The molecule has 1 amide bonds. The first-order valence-electron chi connectivity index (χ1n) is 13.5. The van der Waals surface area contributed by atoms with Crippen LogP contribution < -0.4 is 4.74 Å².